The minimum Gasteiger partial charge on any atom is -0.303 e. The number of nitrogens with one attached hydrogen (secondary N) is 1. The van der Waals surface area contributed by atoms with E-state index >= 15 is 0 Å². The highest BCUT2D eigenvalue weighted by atomic mass is 32.1. The van der Waals surface area contributed by atoms with E-state index in [4.69, 9.17) is 12.2 Å². The van der Waals surface area contributed by atoms with Gasteiger partial charge in [0.2, 0.25) is 0 Å². The smallest absolute Gasteiger partial charge is 0.195 e. The highest BCUT2D eigenvalue weighted by Gasteiger charge is 2.17. The lowest BCUT2D eigenvalue weighted by atomic mass is 10.1. The van der Waals surface area contributed by atoms with Crippen LogP contribution in [0.15, 0.2) is 24.5 Å². The molecule has 0 spiro atoms. The van der Waals surface area contributed by atoms with Crippen LogP contribution in [0.3, 0.4) is 0 Å². The number of H-pyrrole nitrogens is 1. The maximum absolute atomic E-state index is 5.38. The van der Waals surface area contributed by atoms with Crippen molar-refractivity contribution in [2.75, 3.05) is 19.6 Å². The Bertz CT molecular complexity index is 627. The molecular formula is C15H21N5S. The van der Waals surface area contributed by atoms with Crippen molar-refractivity contribution < 1.29 is 0 Å². The van der Waals surface area contributed by atoms with Gasteiger partial charge in [-0.1, -0.05) is 6.92 Å². The van der Waals surface area contributed by atoms with Crippen LogP contribution >= 0.6 is 12.2 Å². The van der Waals surface area contributed by atoms with Crippen molar-refractivity contribution in [2.45, 2.75) is 26.3 Å². The van der Waals surface area contributed by atoms with Gasteiger partial charge in [0.1, 0.15) is 0 Å². The molecule has 1 aliphatic rings. The van der Waals surface area contributed by atoms with E-state index in [1.807, 2.05) is 18.3 Å². The second kappa shape index (κ2) is 6.49. The molecule has 0 aromatic carbocycles. The van der Waals surface area contributed by atoms with Crippen LogP contribution in [0.4, 0.5) is 0 Å². The van der Waals surface area contributed by atoms with Crippen molar-refractivity contribution >= 4 is 12.2 Å². The van der Waals surface area contributed by atoms with Crippen LogP contribution in [0.2, 0.25) is 0 Å². The first-order chi connectivity index (χ1) is 10.2. The summed E-state index contributed by atoms with van der Waals surface area (Å²) in [4.78, 5) is 6.70. The zero-order valence-corrected chi connectivity index (χ0v) is 13.1. The summed E-state index contributed by atoms with van der Waals surface area (Å²) in [7, 11) is 0. The molecular weight excluding hydrogens is 282 g/mol. The fourth-order valence-corrected chi connectivity index (χ4v) is 3.18. The van der Waals surface area contributed by atoms with Crippen molar-refractivity contribution in [3.8, 4) is 11.4 Å². The van der Waals surface area contributed by atoms with E-state index in [0.717, 1.165) is 24.5 Å². The number of likely N-dealkylation sites (tertiary alicyclic amines) is 1. The lowest BCUT2D eigenvalue weighted by molar-refractivity contribution is 0.271. The van der Waals surface area contributed by atoms with Gasteiger partial charge in [-0.3, -0.25) is 14.6 Å². The molecule has 0 aliphatic carbocycles. The lowest BCUT2D eigenvalue weighted by Crippen LogP contribution is -2.27. The second-order valence-electron chi connectivity index (χ2n) is 5.82. The first kappa shape index (κ1) is 14.4. The van der Waals surface area contributed by atoms with Gasteiger partial charge in [0.15, 0.2) is 10.6 Å². The maximum Gasteiger partial charge on any atom is 0.195 e. The average Bonchev–Trinajstić information content (AvgIpc) is 3.11. The Kier molecular flexibility index (Phi) is 4.45. The molecule has 21 heavy (non-hydrogen) atoms. The third-order valence-electron chi connectivity index (χ3n) is 3.94. The molecule has 0 radical (unpaired) electrons. The highest BCUT2D eigenvalue weighted by Crippen LogP contribution is 2.18. The summed E-state index contributed by atoms with van der Waals surface area (Å²) in [6.45, 7) is 6.75. The predicted molar refractivity (Wildman–Crippen MR) is 85.5 cm³/mol. The molecule has 1 unspecified atom stereocenters. The Hall–Kier alpha value is -1.53. The van der Waals surface area contributed by atoms with Crippen molar-refractivity contribution in [3.05, 3.63) is 29.3 Å². The van der Waals surface area contributed by atoms with Gasteiger partial charge in [0, 0.05) is 31.0 Å². The number of rotatable bonds is 5. The third-order valence-corrected chi connectivity index (χ3v) is 4.25. The molecule has 2 aromatic heterocycles. The minimum absolute atomic E-state index is 0.544. The summed E-state index contributed by atoms with van der Waals surface area (Å²) in [6.07, 6.45) is 6.26. The Balaban J connectivity index is 1.76. The van der Waals surface area contributed by atoms with Crippen LogP contribution in [0.1, 0.15) is 19.8 Å². The average molecular weight is 303 g/mol. The number of aromatic nitrogens is 4. The van der Waals surface area contributed by atoms with Gasteiger partial charge < -0.3 is 4.90 Å². The molecule has 0 saturated carbocycles. The largest absolute Gasteiger partial charge is 0.303 e. The monoisotopic (exact) mass is 303 g/mol. The van der Waals surface area contributed by atoms with E-state index in [0.29, 0.717) is 10.7 Å². The number of hydrogen-bond acceptors (Lipinski definition) is 4. The fraction of sp³-hybridized carbons (Fsp3) is 0.533. The normalized spacial score (nSPS) is 17.2. The quantitative estimate of drug-likeness (QED) is 0.863. The Morgan fingerprint density at radius 1 is 1.33 bits per heavy atom. The van der Waals surface area contributed by atoms with Crippen molar-refractivity contribution in [2.24, 2.45) is 5.92 Å². The van der Waals surface area contributed by atoms with Gasteiger partial charge in [0.25, 0.3) is 0 Å². The summed E-state index contributed by atoms with van der Waals surface area (Å²) in [6, 6.07) is 3.94. The highest BCUT2D eigenvalue weighted by molar-refractivity contribution is 7.71. The molecule has 0 amide bonds. The van der Waals surface area contributed by atoms with Crippen molar-refractivity contribution in [3.63, 3.8) is 0 Å². The molecule has 112 valence electrons. The molecule has 3 heterocycles. The molecule has 2 aromatic rings. The molecule has 6 heteroatoms. The second-order valence-corrected chi connectivity index (χ2v) is 6.20. The van der Waals surface area contributed by atoms with Gasteiger partial charge in [-0.15, -0.1) is 0 Å². The maximum atomic E-state index is 5.38. The van der Waals surface area contributed by atoms with Gasteiger partial charge in [-0.05, 0) is 56.2 Å². The van der Waals surface area contributed by atoms with Gasteiger partial charge >= 0.3 is 0 Å². The molecule has 5 nitrogen and oxygen atoms in total. The standard InChI is InChI=1S/C15H21N5S/c1-12(10-19-7-2-3-8-19)11-20-14(17-18-15(20)21)13-5-4-6-16-9-13/h4-6,9,12H,2-3,7-8,10-11H2,1H3,(H,18,21). The van der Waals surface area contributed by atoms with Crippen LogP contribution in [0, 0.1) is 10.7 Å². The van der Waals surface area contributed by atoms with E-state index in [-0.39, 0.29) is 0 Å². The van der Waals surface area contributed by atoms with E-state index in [1.165, 1.54) is 25.9 Å². The Morgan fingerprint density at radius 2 is 2.14 bits per heavy atom. The number of nitrogens with zero attached hydrogens (tertiary/aromatic N) is 4. The molecule has 1 N–H and O–H groups in total. The summed E-state index contributed by atoms with van der Waals surface area (Å²) in [5, 5.41) is 7.27. The third kappa shape index (κ3) is 3.39. The molecule has 1 fully saturated rings. The van der Waals surface area contributed by atoms with Gasteiger partial charge in [-0.25, -0.2) is 0 Å². The van der Waals surface area contributed by atoms with Gasteiger partial charge in [0.05, 0.1) is 0 Å². The summed E-state index contributed by atoms with van der Waals surface area (Å²) < 4.78 is 2.77. The van der Waals surface area contributed by atoms with Crippen LogP contribution < -0.4 is 0 Å². The van der Waals surface area contributed by atoms with Crippen molar-refractivity contribution in [1.82, 2.24) is 24.6 Å². The predicted octanol–water partition coefficient (Wildman–Crippen LogP) is 2.73. The van der Waals surface area contributed by atoms with E-state index in [1.54, 1.807) is 6.20 Å². The SMILES string of the molecule is CC(CN1CCCC1)Cn1c(-c2cccnc2)n[nH]c1=S. The van der Waals surface area contributed by atoms with Crippen LogP contribution in [-0.2, 0) is 6.54 Å². The Labute approximate surface area is 130 Å². The number of aromatic amines is 1. The zero-order valence-electron chi connectivity index (χ0n) is 12.3. The first-order valence-corrected chi connectivity index (χ1v) is 7.93. The first-order valence-electron chi connectivity index (χ1n) is 7.52. The molecule has 0 bridgehead atoms. The molecule has 1 saturated heterocycles. The zero-order chi connectivity index (χ0) is 14.7. The summed E-state index contributed by atoms with van der Waals surface area (Å²) in [5.41, 5.74) is 0.998. The fourth-order valence-electron chi connectivity index (χ4n) is 2.98. The van der Waals surface area contributed by atoms with Crippen LogP contribution in [0.5, 0.6) is 0 Å². The van der Waals surface area contributed by atoms with E-state index in [2.05, 4.69) is 31.6 Å². The summed E-state index contributed by atoms with van der Waals surface area (Å²) >= 11 is 5.38. The number of pyridine rings is 1. The van der Waals surface area contributed by atoms with E-state index < -0.39 is 0 Å². The van der Waals surface area contributed by atoms with Crippen LogP contribution in [-0.4, -0.2) is 44.3 Å². The molecule has 1 atom stereocenters. The summed E-state index contributed by atoms with van der Waals surface area (Å²) in [5.74, 6) is 1.42. The van der Waals surface area contributed by atoms with Gasteiger partial charge in [-0.2, -0.15) is 5.10 Å². The number of hydrogen-bond donors (Lipinski definition) is 1. The minimum atomic E-state index is 0.544. The Morgan fingerprint density at radius 3 is 2.86 bits per heavy atom. The van der Waals surface area contributed by atoms with Crippen LogP contribution in [0.25, 0.3) is 11.4 Å². The lowest BCUT2D eigenvalue weighted by Gasteiger charge is -2.21. The molecule has 3 rings (SSSR count). The van der Waals surface area contributed by atoms with Crippen molar-refractivity contribution in [1.29, 1.82) is 0 Å². The topological polar surface area (TPSA) is 49.7 Å². The van der Waals surface area contributed by atoms with E-state index in [9.17, 15) is 0 Å². The molecule has 1 aliphatic heterocycles.